The number of hydrogen-bond donors (Lipinski definition) is 2. The van der Waals surface area contributed by atoms with E-state index in [4.69, 9.17) is 9.98 Å². The first-order valence-electron chi connectivity index (χ1n) is 10.7. The van der Waals surface area contributed by atoms with Gasteiger partial charge >= 0.3 is 0 Å². The molecule has 2 unspecified atom stereocenters. The number of fused-ring (bicyclic) bond motifs is 2. The van der Waals surface area contributed by atoms with Crippen LogP contribution in [0.3, 0.4) is 0 Å². The fraction of sp³-hybridized carbons (Fsp3) is 0.364. The highest BCUT2D eigenvalue weighted by Gasteiger charge is 2.39. The van der Waals surface area contributed by atoms with Gasteiger partial charge in [0.25, 0.3) is 0 Å². The minimum absolute atomic E-state index is 0.257. The van der Waals surface area contributed by atoms with Crippen LogP contribution < -0.4 is 10.6 Å². The zero-order valence-corrected chi connectivity index (χ0v) is 18.1. The molecule has 0 saturated carbocycles. The Morgan fingerprint density at radius 3 is 3.10 bits per heavy atom. The van der Waals surface area contributed by atoms with E-state index in [2.05, 4.69) is 56.2 Å². The summed E-state index contributed by atoms with van der Waals surface area (Å²) < 4.78 is 0. The molecule has 0 fully saturated rings. The average molecular weight is 433 g/mol. The SMILES string of the molecule is CN1CC(C2CN=C3C(Nc4cc5cccnc5s4)=NC(C4=CCCNC4)=CN32)C=N1. The van der Waals surface area contributed by atoms with Crippen molar-refractivity contribution < 1.29 is 0 Å². The first-order valence-corrected chi connectivity index (χ1v) is 11.5. The molecule has 9 heteroatoms. The van der Waals surface area contributed by atoms with Crippen molar-refractivity contribution in [2.45, 2.75) is 12.5 Å². The van der Waals surface area contributed by atoms with Gasteiger partial charge in [0, 0.05) is 50.1 Å². The van der Waals surface area contributed by atoms with Crippen LogP contribution >= 0.6 is 11.3 Å². The van der Waals surface area contributed by atoms with E-state index in [9.17, 15) is 0 Å². The molecule has 0 amide bonds. The number of thiophene rings is 1. The van der Waals surface area contributed by atoms with Crippen molar-refractivity contribution in [2.75, 3.05) is 38.5 Å². The van der Waals surface area contributed by atoms with Crippen molar-refractivity contribution in [3.63, 3.8) is 0 Å². The van der Waals surface area contributed by atoms with E-state index in [1.54, 1.807) is 11.3 Å². The van der Waals surface area contributed by atoms with Crippen LogP contribution in [0.2, 0.25) is 0 Å². The minimum atomic E-state index is 0.257. The standard InChI is InChI=1S/C22H24N8S/c1-29-12-16(10-26-29)18-11-25-21-20(28-19-8-14-4-3-7-24-22(14)31-19)27-17(13-30(18)21)15-5-2-6-23-9-15/h3-5,7-8,10,13,16,18,23H,2,6,9,11-12H2,1H3,(H,27,28). The van der Waals surface area contributed by atoms with Crippen molar-refractivity contribution in [1.82, 2.24) is 20.2 Å². The molecule has 6 rings (SSSR count). The van der Waals surface area contributed by atoms with Crippen molar-refractivity contribution in [3.05, 3.63) is 47.9 Å². The van der Waals surface area contributed by atoms with E-state index in [0.29, 0.717) is 5.92 Å². The zero-order chi connectivity index (χ0) is 20.8. The van der Waals surface area contributed by atoms with Crippen LogP contribution in [0.25, 0.3) is 10.2 Å². The van der Waals surface area contributed by atoms with Crippen LogP contribution in [0.15, 0.2) is 63.0 Å². The maximum atomic E-state index is 5.02. The number of hydrogen-bond acceptors (Lipinski definition) is 9. The van der Waals surface area contributed by atoms with Crippen LogP contribution in [-0.4, -0.2) is 72.0 Å². The minimum Gasteiger partial charge on any atom is -0.329 e. The average Bonchev–Trinajstić information content (AvgIpc) is 3.51. The van der Waals surface area contributed by atoms with Gasteiger partial charge < -0.3 is 15.5 Å². The van der Waals surface area contributed by atoms with Gasteiger partial charge in [0.05, 0.1) is 23.3 Å². The highest BCUT2D eigenvalue weighted by atomic mass is 32.1. The molecular weight excluding hydrogens is 408 g/mol. The van der Waals surface area contributed by atoms with E-state index < -0.39 is 0 Å². The fourth-order valence-electron chi connectivity index (χ4n) is 4.48. The summed E-state index contributed by atoms with van der Waals surface area (Å²) in [5, 5.41) is 15.6. The second kappa shape index (κ2) is 7.58. The van der Waals surface area contributed by atoms with Crippen LogP contribution in [0, 0.1) is 5.92 Å². The van der Waals surface area contributed by atoms with Gasteiger partial charge in [-0.15, -0.1) is 0 Å². The molecule has 2 N–H and O–H groups in total. The molecule has 6 heterocycles. The molecule has 8 nitrogen and oxygen atoms in total. The Morgan fingerprint density at radius 1 is 1.32 bits per heavy atom. The molecule has 0 saturated heterocycles. The second-order valence-electron chi connectivity index (χ2n) is 8.21. The number of aromatic nitrogens is 1. The predicted molar refractivity (Wildman–Crippen MR) is 127 cm³/mol. The van der Waals surface area contributed by atoms with Gasteiger partial charge in [-0.2, -0.15) is 5.10 Å². The molecule has 0 bridgehead atoms. The van der Waals surface area contributed by atoms with Crippen LogP contribution in [0.5, 0.6) is 0 Å². The van der Waals surface area contributed by atoms with Crippen molar-refractivity contribution in [2.24, 2.45) is 21.0 Å². The van der Waals surface area contributed by atoms with Gasteiger partial charge in [-0.05, 0) is 30.7 Å². The number of amidine groups is 2. The summed E-state index contributed by atoms with van der Waals surface area (Å²) in [6.07, 6.45) is 9.40. The molecule has 4 aliphatic heterocycles. The Hall–Kier alpha value is -3.04. The quantitative estimate of drug-likeness (QED) is 0.779. The first-order chi connectivity index (χ1) is 15.2. The lowest BCUT2D eigenvalue weighted by Gasteiger charge is -2.32. The van der Waals surface area contributed by atoms with Crippen LogP contribution in [0.1, 0.15) is 6.42 Å². The number of rotatable bonds is 3. The number of hydrazone groups is 1. The monoisotopic (exact) mass is 432 g/mol. The Morgan fingerprint density at radius 2 is 2.29 bits per heavy atom. The summed E-state index contributed by atoms with van der Waals surface area (Å²) in [6.45, 7) is 3.52. The fourth-order valence-corrected chi connectivity index (χ4v) is 5.38. The van der Waals surface area contributed by atoms with Gasteiger partial charge in [-0.3, -0.25) is 10.0 Å². The molecule has 4 aliphatic rings. The number of aliphatic imine (C=N–C) groups is 2. The molecule has 158 valence electrons. The number of nitrogens with one attached hydrogen (secondary N) is 2. The molecule has 0 aliphatic carbocycles. The molecule has 31 heavy (non-hydrogen) atoms. The summed E-state index contributed by atoms with van der Waals surface area (Å²) >= 11 is 1.64. The van der Waals surface area contributed by atoms with Gasteiger partial charge in [0.2, 0.25) is 0 Å². The Labute approximate surface area is 184 Å². The largest absolute Gasteiger partial charge is 0.329 e. The Bertz CT molecular complexity index is 1140. The molecule has 0 spiro atoms. The molecule has 2 atom stereocenters. The zero-order valence-electron chi connectivity index (χ0n) is 17.3. The number of nitrogens with zero attached hydrogens (tertiary/aromatic N) is 6. The highest BCUT2D eigenvalue weighted by Crippen LogP contribution is 2.32. The molecule has 0 radical (unpaired) electrons. The highest BCUT2D eigenvalue weighted by molar-refractivity contribution is 7.22. The third-order valence-corrected chi connectivity index (χ3v) is 7.03. The van der Waals surface area contributed by atoms with E-state index in [0.717, 1.165) is 65.2 Å². The summed E-state index contributed by atoms with van der Waals surface area (Å²) in [7, 11) is 2.02. The lowest BCUT2D eigenvalue weighted by Crippen LogP contribution is -2.45. The van der Waals surface area contributed by atoms with Crippen LogP contribution in [-0.2, 0) is 0 Å². The molecule has 2 aromatic heterocycles. The van der Waals surface area contributed by atoms with E-state index in [1.165, 1.54) is 5.57 Å². The third-order valence-electron chi connectivity index (χ3n) is 6.05. The summed E-state index contributed by atoms with van der Waals surface area (Å²) in [6, 6.07) is 6.44. The van der Waals surface area contributed by atoms with E-state index in [-0.39, 0.29) is 6.04 Å². The molecular formula is C22H24N8S. The predicted octanol–water partition coefficient (Wildman–Crippen LogP) is 2.51. The first kappa shape index (κ1) is 18.7. The van der Waals surface area contributed by atoms with Gasteiger partial charge in [-0.1, -0.05) is 23.5 Å². The lowest BCUT2D eigenvalue weighted by molar-refractivity contribution is 0.298. The maximum Gasteiger partial charge on any atom is 0.175 e. The van der Waals surface area contributed by atoms with E-state index in [1.807, 2.05) is 24.3 Å². The maximum absolute atomic E-state index is 5.02. The summed E-state index contributed by atoms with van der Waals surface area (Å²) in [5.41, 5.74) is 2.24. The molecule has 0 aromatic carbocycles. The van der Waals surface area contributed by atoms with Gasteiger partial charge in [0.15, 0.2) is 11.7 Å². The van der Waals surface area contributed by atoms with E-state index >= 15 is 0 Å². The Kier molecular flexibility index (Phi) is 4.57. The number of anilines is 1. The third kappa shape index (κ3) is 3.43. The van der Waals surface area contributed by atoms with Crippen molar-refractivity contribution in [3.8, 4) is 0 Å². The topological polar surface area (TPSA) is 80.5 Å². The summed E-state index contributed by atoms with van der Waals surface area (Å²) in [5.74, 6) is 2.06. The Balaban J connectivity index is 1.35. The normalized spacial score (nSPS) is 25.3. The van der Waals surface area contributed by atoms with Crippen molar-refractivity contribution in [1.29, 1.82) is 0 Å². The van der Waals surface area contributed by atoms with Gasteiger partial charge in [0.1, 0.15) is 4.83 Å². The van der Waals surface area contributed by atoms with Crippen molar-refractivity contribution >= 4 is 44.4 Å². The van der Waals surface area contributed by atoms with Crippen LogP contribution in [0.4, 0.5) is 5.00 Å². The molecule has 2 aromatic rings. The summed E-state index contributed by atoms with van der Waals surface area (Å²) in [4.78, 5) is 17.7. The lowest BCUT2D eigenvalue weighted by atomic mass is 10.00. The number of pyridine rings is 1. The van der Waals surface area contributed by atoms with Gasteiger partial charge in [-0.25, -0.2) is 9.98 Å². The smallest absolute Gasteiger partial charge is 0.175 e. The second-order valence-corrected chi connectivity index (χ2v) is 9.24.